The lowest BCUT2D eigenvalue weighted by Crippen LogP contribution is -2.48. The average Bonchev–Trinajstić information content (AvgIpc) is 2.84. The van der Waals surface area contributed by atoms with E-state index in [1.54, 1.807) is 19.1 Å². The second-order valence-corrected chi connectivity index (χ2v) is 7.53. The molecule has 0 spiro atoms. The quantitative estimate of drug-likeness (QED) is 0.843. The van der Waals surface area contributed by atoms with Gasteiger partial charge in [0.25, 0.3) is 0 Å². The Bertz CT molecular complexity index is 747. The number of nitrogens with zero attached hydrogens (tertiary/aromatic N) is 3. The van der Waals surface area contributed by atoms with Crippen LogP contribution in [0.1, 0.15) is 36.5 Å². The molecule has 2 aromatic rings. The van der Waals surface area contributed by atoms with Gasteiger partial charge in [-0.1, -0.05) is 30.6 Å². The predicted octanol–water partition coefficient (Wildman–Crippen LogP) is 2.12. The summed E-state index contributed by atoms with van der Waals surface area (Å²) in [5.41, 5.74) is 1.16. The summed E-state index contributed by atoms with van der Waals surface area (Å²) in [6.45, 7) is 4.63. The Labute approximate surface area is 130 Å². The molecule has 0 amide bonds. The van der Waals surface area contributed by atoms with E-state index in [4.69, 9.17) is 4.52 Å². The van der Waals surface area contributed by atoms with Gasteiger partial charge in [-0.2, -0.15) is 9.29 Å². The molecule has 0 atom stereocenters. The Morgan fingerprint density at radius 2 is 1.95 bits per heavy atom. The molecule has 1 aromatic heterocycles. The van der Waals surface area contributed by atoms with Crippen LogP contribution in [0.15, 0.2) is 33.7 Å². The lowest BCUT2D eigenvalue weighted by Gasteiger charge is -2.35. The van der Waals surface area contributed by atoms with Crippen molar-refractivity contribution in [1.82, 2.24) is 14.4 Å². The van der Waals surface area contributed by atoms with Crippen LogP contribution in [0.5, 0.6) is 0 Å². The normalized spacial score (nSPS) is 16.6. The van der Waals surface area contributed by atoms with Crippen molar-refractivity contribution in [2.45, 2.75) is 37.5 Å². The van der Waals surface area contributed by atoms with E-state index in [1.165, 1.54) is 4.31 Å². The predicted molar refractivity (Wildman–Crippen MR) is 81.0 cm³/mol. The first-order valence-corrected chi connectivity index (χ1v) is 8.84. The molecular formula is C15H19N3O3S. The molecule has 1 fully saturated rings. The second kappa shape index (κ2) is 5.81. The molecule has 1 aromatic carbocycles. The first-order valence-electron chi connectivity index (χ1n) is 7.40. The van der Waals surface area contributed by atoms with Gasteiger partial charge in [0.1, 0.15) is 0 Å². The smallest absolute Gasteiger partial charge is 0.243 e. The van der Waals surface area contributed by atoms with E-state index in [-0.39, 0.29) is 5.92 Å². The number of hydrogen-bond donors (Lipinski definition) is 0. The molecule has 1 aliphatic heterocycles. The van der Waals surface area contributed by atoms with Crippen LogP contribution in [0.4, 0.5) is 0 Å². The summed E-state index contributed by atoms with van der Waals surface area (Å²) in [7, 11) is -3.42. The molecule has 6 nitrogen and oxygen atoms in total. The lowest BCUT2D eigenvalue weighted by molar-refractivity contribution is 0.216. The number of rotatable bonds is 5. The van der Waals surface area contributed by atoms with Crippen molar-refractivity contribution in [2.24, 2.45) is 0 Å². The van der Waals surface area contributed by atoms with Crippen molar-refractivity contribution in [3.05, 3.63) is 41.5 Å². The van der Waals surface area contributed by atoms with Crippen LogP contribution in [0.3, 0.4) is 0 Å². The van der Waals surface area contributed by atoms with E-state index >= 15 is 0 Å². The lowest BCUT2D eigenvalue weighted by atomic mass is 10.0. The van der Waals surface area contributed by atoms with Crippen LogP contribution in [-0.4, -0.2) is 36.0 Å². The van der Waals surface area contributed by atoms with E-state index in [2.05, 4.69) is 17.1 Å². The number of hydrogen-bond acceptors (Lipinski definition) is 5. The standard InChI is InChI=1S/C15H19N3O3S/c1-3-4-12-5-7-14(8-6-12)22(19,20)18-9-13(10-18)15-16-11(2)17-21-15/h5-8,13H,3-4,9-10H2,1-2H3. The largest absolute Gasteiger partial charge is 0.339 e. The molecule has 2 heterocycles. The highest BCUT2D eigenvalue weighted by Gasteiger charge is 2.40. The maximum Gasteiger partial charge on any atom is 0.243 e. The molecule has 118 valence electrons. The number of benzene rings is 1. The zero-order valence-electron chi connectivity index (χ0n) is 12.7. The van der Waals surface area contributed by atoms with Crippen molar-refractivity contribution in [2.75, 3.05) is 13.1 Å². The minimum Gasteiger partial charge on any atom is -0.339 e. The minimum atomic E-state index is -3.42. The maximum absolute atomic E-state index is 12.5. The summed E-state index contributed by atoms with van der Waals surface area (Å²) < 4.78 is 31.6. The van der Waals surface area contributed by atoms with Crippen LogP contribution >= 0.6 is 0 Å². The fourth-order valence-corrected chi connectivity index (χ4v) is 4.07. The Kier molecular flexibility index (Phi) is 4.01. The third kappa shape index (κ3) is 2.78. The van der Waals surface area contributed by atoms with Crippen molar-refractivity contribution in [1.29, 1.82) is 0 Å². The highest BCUT2D eigenvalue weighted by Crippen LogP contribution is 2.31. The number of sulfonamides is 1. The summed E-state index contributed by atoms with van der Waals surface area (Å²) in [6, 6.07) is 7.14. The third-order valence-electron chi connectivity index (χ3n) is 3.84. The van der Waals surface area contributed by atoms with E-state index in [1.807, 2.05) is 12.1 Å². The highest BCUT2D eigenvalue weighted by atomic mass is 32.2. The van der Waals surface area contributed by atoms with Crippen molar-refractivity contribution < 1.29 is 12.9 Å². The van der Waals surface area contributed by atoms with E-state index in [0.717, 1.165) is 18.4 Å². The fraction of sp³-hybridized carbons (Fsp3) is 0.467. The number of aromatic nitrogens is 2. The molecule has 3 rings (SSSR count). The van der Waals surface area contributed by atoms with Gasteiger partial charge in [0.05, 0.1) is 10.8 Å². The van der Waals surface area contributed by atoms with Crippen molar-refractivity contribution in [3.8, 4) is 0 Å². The average molecular weight is 321 g/mol. The van der Waals surface area contributed by atoms with Gasteiger partial charge in [0.15, 0.2) is 5.82 Å². The van der Waals surface area contributed by atoms with Crippen LogP contribution < -0.4 is 0 Å². The topological polar surface area (TPSA) is 76.3 Å². The zero-order valence-corrected chi connectivity index (χ0v) is 13.5. The Balaban J connectivity index is 1.69. The fourth-order valence-electron chi connectivity index (χ4n) is 2.54. The first kappa shape index (κ1) is 15.2. The molecule has 0 N–H and O–H groups in total. The monoisotopic (exact) mass is 321 g/mol. The molecule has 1 saturated heterocycles. The second-order valence-electron chi connectivity index (χ2n) is 5.59. The summed E-state index contributed by atoms with van der Waals surface area (Å²) >= 11 is 0. The molecule has 7 heteroatoms. The molecule has 1 aliphatic rings. The molecular weight excluding hydrogens is 302 g/mol. The number of aryl methyl sites for hydroxylation is 2. The molecule has 0 radical (unpaired) electrons. The van der Waals surface area contributed by atoms with Gasteiger partial charge < -0.3 is 4.52 Å². The van der Waals surface area contributed by atoms with Crippen LogP contribution in [0.2, 0.25) is 0 Å². The Hall–Kier alpha value is -1.73. The van der Waals surface area contributed by atoms with Gasteiger partial charge >= 0.3 is 0 Å². The molecule has 0 aliphatic carbocycles. The van der Waals surface area contributed by atoms with Gasteiger partial charge in [0.2, 0.25) is 15.9 Å². The zero-order chi connectivity index (χ0) is 15.7. The summed E-state index contributed by atoms with van der Waals surface area (Å²) in [5, 5.41) is 3.74. The minimum absolute atomic E-state index is 0.00432. The van der Waals surface area contributed by atoms with Crippen LogP contribution in [0, 0.1) is 6.92 Å². The van der Waals surface area contributed by atoms with Gasteiger partial charge in [-0.3, -0.25) is 0 Å². The highest BCUT2D eigenvalue weighted by molar-refractivity contribution is 7.89. The Morgan fingerprint density at radius 3 is 2.50 bits per heavy atom. The first-order chi connectivity index (χ1) is 10.5. The molecule has 0 unspecified atom stereocenters. The van der Waals surface area contributed by atoms with Crippen LogP contribution in [0.25, 0.3) is 0 Å². The van der Waals surface area contributed by atoms with Gasteiger partial charge in [-0.25, -0.2) is 8.42 Å². The SMILES string of the molecule is CCCc1ccc(S(=O)(=O)N2CC(c3nc(C)no3)C2)cc1. The summed E-state index contributed by atoms with van der Waals surface area (Å²) in [4.78, 5) is 4.50. The molecule has 0 saturated carbocycles. The van der Waals surface area contributed by atoms with Gasteiger partial charge in [-0.15, -0.1) is 0 Å². The third-order valence-corrected chi connectivity index (χ3v) is 5.69. The Morgan fingerprint density at radius 1 is 1.27 bits per heavy atom. The van der Waals surface area contributed by atoms with Crippen LogP contribution in [-0.2, 0) is 16.4 Å². The van der Waals surface area contributed by atoms with Gasteiger partial charge in [0, 0.05) is 13.1 Å². The maximum atomic E-state index is 12.5. The van der Waals surface area contributed by atoms with Crippen molar-refractivity contribution in [3.63, 3.8) is 0 Å². The van der Waals surface area contributed by atoms with E-state index in [9.17, 15) is 8.42 Å². The summed E-state index contributed by atoms with van der Waals surface area (Å²) in [6.07, 6.45) is 2.01. The van der Waals surface area contributed by atoms with Crippen molar-refractivity contribution >= 4 is 10.0 Å². The van der Waals surface area contributed by atoms with Gasteiger partial charge in [-0.05, 0) is 31.0 Å². The molecule has 0 bridgehead atoms. The molecule has 22 heavy (non-hydrogen) atoms. The van der Waals surface area contributed by atoms with E-state index in [0.29, 0.717) is 29.7 Å². The van der Waals surface area contributed by atoms with E-state index < -0.39 is 10.0 Å². The summed E-state index contributed by atoms with van der Waals surface area (Å²) in [5.74, 6) is 1.08.